The van der Waals surface area contributed by atoms with Gasteiger partial charge in [0.15, 0.2) is 0 Å². The molecule has 4 heteroatoms. The van der Waals surface area contributed by atoms with Crippen LogP contribution in [0.2, 0.25) is 0 Å². The first-order valence-electron chi connectivity index (χ1n) is 8.53. The molecule has 0 amide bonds. The summed E-state index contributed by atoms with van der Waals surface area (Å²) in [7, 11) is 1.94. The summed E-state index contributed by atoms with van der Waals surface area (Å²) < 4.78 is 6.41. The van der Waals surface area contributed by atoms with Crippen molar-refractivity contribution in [3.05, 3.63) is 65.7 Å². The highest BCUT2D eigenvalue weighted by Gasteiger charge is 2.64. The van der Waals surface area contributed by atoms with Gasteiger partial charge < -0.3 is 14.9 Å². The molecule has 1 fully saturated rings. The molecule has 4 rings (SSSR count). The molecule has 0 aromatic heterocycles. The van der Waals surface area contributed by atoms with Gasteiger partial charge in [0.05, 0.1) is 11.6 Å². The average Bonchev–Trinajstić information content (AvgIpc) is 3.37. The van der Waals surface area contributed by atoms with Gasteiger partial charge in [-0.15, -0.1) is 0 Å². The molecule has 2 atom stereocenters. The molecule has 1 heterocycles. The van der Waals surface area contributed by atoms with Crippen molar-refractivity contribution in [2.45, 2.75) is 18.4 Å². The van der Waals surface area contributed by atoms with Crippen LogP contribution < -0.4 is 10.1 Å². The van der Waals surface area contributed by atoms with Gasteiger partial charge in [0.2, 0.25) is 0 Å². The molecule has 1 saturated carbocycles. The van der Waals surface area contributed by atoms with Gasteiger partial charge in [-0.25, -0.2) is 0 Å². The van der Waals surface area contributed by atoms with Gasteiger partial charge in [0, 0.05) is 12.0 Å². The van der Waals surface area contributed by atoms with Gasteiger partial charge in [0.1, 0.15) is 18.0 Å². The Bertz CT molecular complexity index is 744. The number of rotatable bonds is 6. The lowest BCUT2D eigenvalue weighted by Gasteiger charge is -2.27. The van der Waals surface area contributed by atoms with Crippen LogP contribution in [0.5, 0.6) is 5.75 Å². The number of fused-ring (bicyclic) bond motifs is 2. The SMILES string of the molecule is CNCCCO/N=C1/c2ccccc2OC2(c3ccccc3)CC12. The van der Waals surface area contributed by atoms with E-state index >= 15 is 0 Å². The van der Waals surface area contributed by atoms with Gasteiger partial charge in [0.25, 0.3) is 0 Å². The largest absolute Gasteiger partial charge is 0.481 e. The first-order chi connectivity index (χ1) is 11.8. The van der Waals surface area contributed by atoms with Gasteiger partial charge in [-0.1, -0.05) is 47.6 Å². The summed E-state index contributed by atoms with van der Waals surface area (Å²) in [6.07, 6.45) is 1.89. The maximum Gasteiger partial charge on any atom is 0.143 e. The first-order valence-corrected chi connectivity index (χ1v) is 8.53. The van der Waals surface area contributed by atoms with Gasteiger partial charge in [-0.3, -0.25) is 0 Å². The summed E-state index contributed by atoms with van der Waals surface area (Å²) in [5.41, 5.74) is 3.01. The molecule has 124 valence electrons. The molecule has 0 bridgehead atoms. The van der Waals surface area contributed by atoms with Crippen LogP contribution in [-0.4, -0.2) is 25.9 Å². The predicted molar refractivity (Wildman–Crippen MR) is 94.3 cm³/mol. The standard InChI is InChI=1S/C20H22N2O2/c1-21-12-7-13-23-22-19-16-10-5-6-11-18(16)24-20(14-17(19)20)15-8-3-2-4-9-15/h2-6,8-11,17,21H,7,12-14H2,1H3/b22-19-. The Morgan fingerprint density at radius 1 is 1.17 bits per heavy atom. The van der Waals surface area contributed by atoms with E-state index in [2.05, 4.69) is 40.8 Å². The number of benzene rings is 2. The number of hydrogen-bond donors (Lipinski definition) is 1. The van der Waals surface area contributed by atoms with Crippen molar-refractivity contribution in [2.75, 3.05) is 20.2 Å². The molecule has 0 radical (unpaired) electrons. The normalized spacial score (nSPS) is 25.5. The van der Waals surface area contributed by atoms with Crippen LogP contribution in [0.3, 0.4) is 0 Å². The molecule has 2 aromatic rings. The van der Waals surface area contributed by atoms with Crippen molar-refractivity contribution in [3.8, 4) is 5.75 Å². The Morgan fingerprint density at radius 3 is 2.79 bits per heavy atom. The maximum absolute atomic E-state index is 6.41. The third kappa shape index (κ3) is 2.57. The van der Waals surface area contributed by atoms with E-state index in [1.165, 1.54) is 5.56 Å². The Balaban J connectivity index is 1.63. The van der Waals surface area contributed by atoms with Crippen LogP contribution in [0.1, 0.15) is 24.0 Å². The summed E-state index contributed by atoms with van der Waals surface area (Å²) in [6.45, 7) is 1.56. The fourth-order valence-corrected chi connectivity index (χ4v) is 3.47. The maximum atomic E-state index is 6.41. The van der Waals surface area contributed by atoms with E-state index in [0.717, 1.165) is 36.4 Å². The number of oxime groups is 1. The number of nitrogens with zero attached hydrogens (tertiary/aromatic N) is 1. The van der Waals surface area contributed by atoms with E-state index in [1.807, 2.05) is 31.3 Å². The van der Waals surface area contributed by atoms with E-state index in [0.29, 0.717) is 6.61 Å². The number of para-hydroxylation sites is 1. The minimum atomic E-state index is -0.275. The van der Waals surface area contributed by atoms with Gasteiger partial charge in [-0.2, -0.15) is 0 Å². The van der Waals surface area contributed by atoms with Crippen LogP contribution >= 0.6 is 0 Å². The lowest BCUT2D eigenvalue weighted by molar-refractivity contribution is 0.135. The summed E-state index contributed by atoms with van der Waals surface area (Å²) in [5.74, 6) is 1.16. The molecule has 1 aliphatic carbocycles. The first kappa shape index (κ1) is 15.2. The van der Waals surface area contributed by atoms with Crippen molar-refractivity contribution in [3.63, 3.8) is 0 Å². The second kappa shape index (κ2) is 6.29. The van der Waals surface area contributed by atoms with E-state index in [4.69, 9.17) is 9.57 Å². The zero-order valence-electron chi connectivity index (χ0n) is 13.9. The Labute approximate surface area is 142 Å². The van der Waals surface area contributed by atoms with E-state index < -0.39 is 0 Å². The highest BCUT2D eigenvalue weighted by Crippen LogP contribution is 2.60. The number of hydrogen-bond acceptors (Lipinski definition) is 4. The molecular formula is C20H22N2O2. The molecule has 2 unspecified atom stereocenters. The second-order valence-corrected chi connectivity index (χ2v) is 6.38. The molecule has 24 heavy (non-hydrogen) atoms. The third-order valence-electron chi connectivity index (χ3n) is 4.78. The van der Waals surface area contributed by atoms with Crippen LogP contribution in [-0.2, 0) is 10.4 Å². The highest BCUT2D eigenvalue weighted by molar-refractivity contribution is 6.08. The van der Waals surface area contributed by atoms with Crippen LogP contribution in [0.15, 0.2) is 59.8 Å². The van der Waals surface area contributed by atoms with Crippen molar-refractivity contribution in [1.82, 2.24) is 5.32 Å². The number of nitrogens with one attached hydrogen (secondary N) is 1. The number of ether oxygens (including phenoxy) is 1. The Hall–Kier alpha value is -2.33. The lowest BCUT2D eigenvalue weighted by atomic mass is 9.96. The van der Waals surface area contributed by atoms with E-state index in [9.17, 15) is 0 Å². The monoisotopic (exact) mass is 322 g/mol. The van der Waals surface area contributed by atoms with Crippen molar-refractivity contribution >= 4 is 5.71 Å². The Morgan fingerprint density at radius 2 is 1.96 bits per heavy atom. The average molecular weight is 322 g/mol. The van der Waals surface area contributed by atoms with Crippen LogP contribution in [0, 0.1) is 5.92 Å². The Kier molecular flexibility index (Phi) is 3.98. The van der Waals surface area contributed by atoms with Crippen molar-refractivity contribution in [1.29, 1.82) is 0 Å². The van der Waals surface area contributed by atoms with Crippen LogP contribution in [0.4, 0.5) is 0 Å². The minimum Gasteiger partial charge on any atom is -0.481 e. The van der Waals surface area contributed by atoms with E-state index in [1.54, 1.807) is 0 Å². The highest BCUT2D eigenvalue weighted by atomic mass is 16.6. The molecule has 2 aromatic carbocycles. The summed E-state index contributed by atoms with van der Waals surface area (Å²) in [6, 6.07) is 18.6. The molecular weight excluding hydrogens is 300 g/mol. The van der Waals surface area contributed by atoms with Crippen molar-refractivity contribution in [2.24, 2.45) is 11.1 Å². The molecule has 1 aliphatic heterocycles. The van der Waals surface area contributed by atoms with Gasteiger partial charge >= 0.3 is 0 Å². The molecule has 0 spiro atoms. The minimum absolute atomic E-state index is 0.263. The fraction of sp³-hybridized carbons (Fsp3) is 0.350. The summed E-state index contributed by atoms with van der Waals surface area (Å²) in [5, 5.41) is 7.62. The zero-order chi connectivity index (χ0) is 16.4. The third-order valence-corrected chi connectivity index (χ3v) is 4.78. The molecule has 2 aliphatic rings. The quantitative estimate of drug-likeness (QED) is 0.655. The van der Waals surface area contributed by atoms with Crippen molar-refractivity contribution < 1.29 is 9.57 Å². The predicted octanol–water partition coefficient (Wildman–Crippen LogP) is 3.32. The van der Waals surface area contributed by atoms with E-state index in [-0.39, 0.29) is 11.5 Å². The lowest BCUT2D eigenvalue weighted by Crippen LogP contribution is -2.28. The summed E-state index contributed by atoms with van der Waals surface area (Å²) >= 11 is 0. The topological polar surface area (TPSA) is 42.8 Å². The van der Waals surface area contributed by atoms with Crippen LogP contribution in [0.25, 0.3) is 0 Å². The summed E-state index contributed by atoms with van der Waals surface area (Å²) in [4.78, 5) is 5.60. The zero-order valence-corrected chi connectivity index (χ0v) is 13.9. The molecule has 0 saturated heterocycles. The second-order valence-electron chi connectivity index (χ2n) is 6.38. The smallest absolute Gasteiger partial charge is 0.143 e. The molecule has 1 N–H and O–H groups in total. The van der Waals surface area contributed by atoms with Gasteiger partial charge in [-0.05, 0) is 37.7 Å². The fourth-order valence-electron chi connectivity index (χ4n) is 3.47. The molecule has 4 nitrogen and oxygen atoms in total.